The van der Waals surface area contributed by atoms with E-state index in [4.69, 9.17) is 5.11 Å². The lowest BCUT2D eigenvalue weighted by Gasteiger charge is -2.03. The average Bonchev–Trinajstić information content (AvgIpc) is 2.17. The highest BCUT2D eigenvalue weighted by Crippen LogP contribution is 2.22. The Hall–Kier alpha value is -2.23. The van der Waals surface area contributed by atoms with Gasteiger partial charge in [0.05, 0.1) is 0 Å². The fraction of sp³-hybridized carbons (Fsp3) is 0. The molecule has 3 N–H and O–H groups in total. The first-order valence-corrected chi connectivity index (χ1v) is 4.38. The summed E-state index contributed by atoms with van der Waals surface area (Å²) in [6, 6.07) is 10.0. The first-order chi connectivity index (χ1) is 7.15. The summed E-state index contributed by atoms with van der Waals surface area (Å²) in [4.78, 5) is 10.4. The normalized spacial score (nSPS) is 10.1. The Morgan fingerprint density at radius 1 is 1.07 bits per heavy atom. The molecule has 1 amide bonds. The van der Waals surface area contributed by atoms with Crippen molar-refractivity contribution in [1.29, 1.82) is 0 Å². The van der Waals surface area contributed by atoms with Gasteiger partial charge in [0.1, 0.15) is 5.75 Å². The van der Waals surface area contributed by atoms with Gasteiger partial charge in [-0.1, -0.05) is 12.1 Å². The third-order valence-corrected chi connectivity index (χ3v) is 2.08. The zero-order valence-electron chi connectivity index (χ0n) is 7.77. The highest BCUT2D eigenvalue weighted by Gasteiger charge is 2.00. The molecule has 2 rings (SSSR count). The molecule has 0 saturated carbocycles. The molecule has 0 radical (unpaired) electrons. The van der Waals surface area contributed by atoms with Crippen molar-refractivity contribution in [3.8, 4) is 5.75 Å². The van der Waals surface area contributed by atoms with E-state index < -0.39 is 6.09 Å². The number of rotatable bonds is 1. The Labute approximate surface area is 85.8 Å². The van der Waals surface area contributed by atoms with Crippen molar-refractivity contribution in [2.45, 2.75) is 0 Å². The summed E-state index contributed by atoms with van der Waals surface area (Å²) in [5.74, 6) is 0.196. The number of benzene rings is 2. The maximum absolute atomic E-state index is 10.4. The zero-order chi connectivity index (χ0) is 10.8. The molecule has 2 aromatic carbocycles. The lowest BCUT2D eigenvalue weighted by Crippen LogP contribution is -2.06. The fourth-order valence-electron chi connectivity index (χ4n) is 1.43. The number of anilines is 1. The SMILES string of the molecule is O=C(O)Nc1ccc2cc(O)ccc2c1. The maximum Gasteiger partial charge on any atom is 0.409 e. The third-order valence-electron chi connectivity index (χ3n) is 2.08. The number of phenols is 1. The molecule has 0 aliphatic heterocycles. The first kappa shape index (κ1) is 9.33. The van der Waals surface area contributed by atoms with E-state index in [0.29, 0.717) is 5.69 Å². The number of hydrogen-bond donors (Lipinski definition) is 3. The molecular weight excluding hydrogens is 194 g/mol. The second-order valence-corrected chi connectivity index (χ2v) is 3.18. The number of carboxylic acid groups (broad SMARTS) is 1. The molecule has 15 heavy (non-hydrogen) atoms. The summed E-state index contributed by atoms with van der Waals surface area (Å²) in [6.07, 6.45) is -1.09. The largest absolute Gasteiger partial charge is 0.508 e. The van der Waals surface area contributed by atoms with E-state index in [0.717, 1.165) is 10.8 Å². The zero-order valence-corrected chi connectivity index (χ0v) is 7.77. The van der Waals surface area contributed by atoms with Gasteiger partial charge in [-0.2, -0.15) is 0 Å². The lowest BCUT2D eigenvalue weighted by atomic mass is 10.1. The molecule has 0 spiro atoms. The summed E-state index contributed by atoms with van der Waals surface area (Å²) in [5, 5.41) is 21.8. The van der Waals surface area contributed by atoms with Crippen molar-refractivity contribution in [2.24, 2.45) is 0 Å². The van der Waals surface area contributed by atoms with E-state index in [-0.39, 0.29) is 5.75 Å². The molecular formula is C11H9NO3. The van der Waals surface area contributed by atoms with E-state index in [2.05, 4.69) is 5.32 Å². The molecule has 0 heterocycles. The van der Waals surface area contributed by atoms with Gasteiger partial charge in [-0.05, 0) is 35.0 Å². The second-order valence-electron chi connectivity index (χ2n) is 3.18. The molecule has 0 aliphatic carbocycles. The van der Waals surface area contributed by atoms with Crippen LogP contribution >= 0.6 is 0 Å². The molecule has 0 saturated heterocycles. The van der Waals surface area contributed by atoms with E-state index >= 15 is 0 Å². The van der Waals surface area contributed by atoms with Gasteiger partial charge >= 0.3 is 6.09 Å². The van der Waals surface area contributed by atoms with Crippen molar-refractivity contribution in [3.63, 3.8) is 0 Å². The number of amides is 1. The van der Waals surface area contributed by atoms with Crippen LogP contribution in [-0.2, 0) is 0 Å². The Balaban J connectivity index is 2.47. The summed E-state index contributed by atoms with van der Waals surface area (Å²) in [5.41, 5.74) is 0.515. The quantitative estimate of drug-likeness (QED) is 0.667. The van der Waals surface area contributed by atoms with Crippen LogP contribution in [0.15, 0.2) is 36.4 Å². The number of hydrogen-bond acceptors (Lipinski definition) is 2. The van der Waals surface area contributed by atoms with Gasteiger partial charge in [-0.15, -0.1) is 0 Å². The van der Waals surface area contributed by atoms with Gasteiger partial charge in [-0.3, -0.25) is 5.32 Å². The smallest absolute Gasteiger partial charge is 0.409 e. The number of phenolic OH excluding ortho intramolecular Hbond substituents is 1. The highest BCUT2D eigenvalue weighted by atomic mass is 16.4. The highest BCUT2D eigenvalue weighted by molar-refractivity contribution is 5.91. The van der Waals surface area contributed by atoms with E-state index in [1.807, 2.05) is 0 Å². The Kier molecular flexibility index (Phi) is 2.17. The fourth-order valence-corrected chi connectivity index (χ4v) is 1.43. The molecule has 0 fully saturated rings. The Morgan fingerprint density at radius 2 is 1.73 bits per heavy atom. The average molecular weight is 203 g/mol. The van der Waals surface area contributed by atoms with Gasteiger partial charge in [0.25, 0.3) is 0 Å². The second kappa shape index (κ2) is 3.49. The third kappa shape index (κ3) is 1.99. The molecule has 0 bridgehead atoms. The monoisotopic (exact) mass is 203 g/mol. The maximum atomic E-state index is 10.4. The van der Waals surface area contributed by atoms with Crippen LogP contribution in [0.3, 0.4) is 0 Å². The van der Waals surface area contributed by atoms with E-state index in [1.165, 1.54) is 0 Å². The summed E-state index contributed by atoms with van der Waals surface area (Å²) in [6.45, 7) is 0. The van der Waals surface area contributed by atoms with Gasteiger partial charge in [0.15, 0.2) is 0 Å². The number of aromatic hydroxyl groups is 1. The van der Waals surface area contributed by atoms with Crippen LogP contribution in [0.25, 0.3) is 10.8 Å². The predicted molar refractivity (Wildman–Crippen MR) is 57.3 cm³/mol. The van der Waals surface area contributed by atoms with Crippen molar-refractivity contribution in [3.05, 3.63) is 36.4 Å². The predicted octanol–water partition coefficient (Wildman–Crippen LogP) is 2.64. The number of nitrogens with one attached hydrogen (secondary N) is 1. The molecule has 0 aromatic heterocycles. The van der Waals surface area contributed by atoms with Crippen LogP contribution in [0.1, 0.15) is 0 Å². The molecule has 0 unspecified atom stereocenters. The van der Waals surface area contributed by atoms with Crippen LogP contribution < -0.4 is 5.32 Å². The van der Waals surface area contributed by atoms with Crippen LogP contribution in [0.4, 0.5) is 10.5 Å². The minimum atomic E-state index is -1.09. The molecule has 2 aromatic rings. The van der Waals surface area contributed by atoms with Crippen LogP contribution in [0.5, 0.6) is 5.75 Å². The molecule has 4 nitrogen and oxygen atoms in total. The minimum Gasteiger partial charge on any atom is -0.508 e. The van der Waals surface area contributed by atoms with Gasteiger partial charge in [0, 0.05) is 5.69 Å². The molecule has 0 atom stereocenters. The standard InChI is InChI=1S/C11H9NO3/c13-10-4-2-7-5-9(12-11(14)15)3-1-8(7)6-10/h1-6,12-13H,(H,14,15). The van der Waals surface area contributed by atoms with E-state index in [9.17, 15) is 9.90 Å². The van der Waals surface area contributed by atoms with Crippen molar-refractivity contribution in [1.82, 2.24) is 0 Å². The van der Waals surface area contributed by atoms with E-state index in [1.54, 1.807) is 36.4 Å². The lowest BCUT2D eigenvalue weighted by molar-refractivity contribution is 0.210. The van der Waals surface area contributed by atoms with Gasteiger partial charge in [0.2, 0.25) is 0 Å². The molecule has 0 aliphatic rings. The summed E-state index contributed by atoms with van der Waals surface area (Å²) < 4.78 is 0. The molecule has 4 heteroatoms. The number of fused-ring (bicyclic) bond motifs is 1. The van der Waals surface area contributed by atoms with Crippen LogP contribution in [-0.4, -0.2) is 16.3 Å². The van der Waals surface area contributed by atoms with Gasteiger partial charge < -0.3 is 10.2 Å². The minimum absolute atomic E-state index is 0.196. The van der Waals surface area contributed by atoms with Crippen LogP contribution in [0.2, 0.25) is 0 Å². The number of carbonyl (C=O) groups is 1. The van der Waals surface area contributed by atoms with Gasteiger partial charge in [-0.25, -0.2) is 4.79 Å². The Morgan fingerprint density at radius 3 is 2.47 bits per heavy atom. The molecule has 76 valence electrons. The topological polar surface area (TPSA) is 69.6 Å². The summed E-state index contributed by atoms with van der Waals surface area (Å²) in [7, 11) is 0. The van der Waals surface area contributed by atoms with Crippen LogP contribution in [0, 0.1) is 0 Å². The van der Waals surface area contributed by atoms with Crippen molar-refractivity contribution in [2.75, 3.05) is 5.32 Å². The summed E-state index contributed by atoms with van der Waals surface area (Å²) >= 11 is 0. The van der Waals surface area contributed by atoms with Crippen molar-refractivity contribution >= 4 is 22.6 Å². The Bertz CT molecular complexity index is 522. The van der Waals surface area contributed by atoms with Crippen molar-refractivity contribution < 1.29 is 15.0 Å². The first-order valence-electron chi connectivity index (χ1n) is 4.38.